The Morgan fingerprint density at radius 2 is 1.81 bits per heavy atom. The molecule has 2 nitrogen and oxygen atoms in total. The van der Waals surface area contributed by atoms with Gasteiger partial charge in [-0.15, -0.1) is 0 Å². The van der Waals surface area contributed by atoms with E-state index in [4.69, 9.17) is 27.9 Å². The number of rotatable bonds is 6. The van der Waals surface area contributed by atoms with Gasteiger partial charge in [0.1, 0.15) is 17.5 Å². The molecule has 2 aromatic carbocycles. The summed E-state index contributed by atoms with van der Waals surface area (Å²) in [5, 5.41) is 1.16. The first-order valence-corrected chi connectivity index (χ1v) is 10.2. The van der Waals surface area contributed by atoms with E-state index in [9.17, 15) is 0 Å². The highest BCUT2D eigenvalue weighted by molar-refractivity contribution is 7.10. The third-order valence-corrected chi connectivity index (χ3v) is 6.26. The lowest BCUT2D eigenvalue weighted by molar-refractivity contribution is 0.304. The summed E-state index contributed by atoms with van der Waals surface area (Å²) in [7, 11) is 0. The van der Waals surface area contributed by atoms with Gasteiger partial charge in [-0.25, -0.2) is 0 Å². The number of aryl methyl sites for hydroxylation is 1. The van der Waals surface area contributed by atoms with E-state index in [1.165, 1.54) is 28.2 Å². The molecule has 3 rings (SSSR count). The summed E-state index contributed by atoms with van der Waals surface area (Å²) in [6.45, 7) is 6.82. The van der Waals surface area contributed by atoms with Crippen LogP contribution >= 0.6 is 34.7 Å². The molecule has 1 aromatic heterocycles. The summed E-state index contributed by atoms with van der Waals surface area (Å²) in [4.78, 5) is 0.956. The zero-order valence-electron chi connectivity index (χ0n) is 15.1. The Labute approximate surface area is 168 Å². The van der Waals surface area contributed by atoms with Crippen molar-refractivity contribution in [2.24, 2.45) is 0 Å². The van der Waals surface area contributed by atoms with Crippen molar-refractivity contribution in [3.63, 3.8) is 0 Å². The number of hydrogen-bond acceptors (Lipinski definition) is 3. The molecule has 0 amide bonds. The van der Waals surface area contributed by atoms with Gasteiger partial charge in [-0.2, -0.15) is 4.37 Å². The normalized spacial score (nSPS) is 11.0. The van der Waals surface area contributed by atoms with Crippen molar-refractivity contribution in [1.29, 1.82) is 0 Å². The van der Waals surface area contributed by atoms with Crippen LogP contribution in [0.4, 0.5) is 0 Å². The Bertz CT molecular complexity index is 920. The van der Waals surface area contributed by atoms with Crippen molar-refractivity contribution in [1.82, 2.24) is 4.37 Å². The summed E-state index contributed by atoms with van der Waals surface area (Å²) < 4.78 is 10.4. The molecular formula is C21H21Cl2NOS. The fraction of sp³-hybridized carbons (Fsp3) is 0.286. The fourth-order valence-corrected chi connectivity index (χ4v) is 4.39. The minimum absolute atomic E-state index is 0.364. The predicted octanol–water partition coefficient (Wildman–Crippen LogP) is 7.27. The molecule has 5 heteroatoms. The monoisotopic (exact) mass is 405 g/mol. The molecule has 26 heavy (non-hydrogen) atoms. The van der Waals surface area contributed by atoms with E-state index >= 15 is 0 Å². The number of ether oxygens (including phenoxy) is 1. The van der Waals surface area contributed by atoms with Crippen molar-refractivity contribution in [2.75, 3.05) is 0 Å². The second kappa shape index (κ2) is 8.43. The average molecular weight is 406 g/mol. The maximum Gasteiger partial charge on any atom is 0.150 e. The molecule has 0 aliphatic rings. The van der Waals surface area contributed by atoms with E-state index in [-0.39, 0.29) is 0 Å². The van der Waals surface area contributed by atoms with Gasteiger partial charge >= 0.3 is 0 Å². The van der Waals surface area contributed by atoms with Crippen LogP contribution in [0.1, 0.15) is 35.6 Å². The van der Waals surface area contributed by atoms with Gasteiger partial charge in [0.15, 0.2) is 0 Å². The highest BCUT2D eigenvalue weighted by Gasteiger charge is 2.17. The van der Waals surface area contributed by atoms with E-state index in [0.29, 0.717) is 16.8 Å². The third kappa shape index (κ3) is 3.90. The molecule has 0 saturated carbocycles. The highest BCUT2D eigenvalue weighted by Crippen LogP contribution is 2.38. The lowest BCUT2D eigenvalue weighted by Gasteiger charge is -2.14. The van der Waals surface area contributed by atoms with Crippen molar-refractivity contribution in [3.8, 4) is 16.2 Å². The minimum atomic E-state index is 0.364. The summed E-state index contributed by atoms with van der Waals surface area (Å²) in [6, 6.07) is 11.9. The van der Waals surface area contributed by atoms with Crippen molar-refractivity contribution < 1.29 is 4.74 Å². The first-order chi connectivity index (χ1) is 12.5. The van der Waals surface area contributed by atoms with Crippen LogP contribution in [0.15, 0.2) is 36.4 Å². The highest BCUT2D eigenvalue weighted by atomic mass is 35.5. The standard InChI is InChI=1S/C21H21Cl2NOS/c1-4-7-15-10-11-19(14(3)13(15)2)25-12-17-20(26-24-21(17)23)16-8-5-6-9-18(16)22/h5-6,8-11H,4,7,12H2,1-3H3. The number of halogens is 2. The van der Waals surface area contributed by atoms with Crippen LogP contribution in [0.2, 0.25) is 10.2 Å². The van der Waals surface area contributed by atoms with E-state index in [1.54, 1.807) is 0 Å². The van der Waals surface area contributed by atoms with Gasteiger partial charge in [-0.3, -0.25) is 0 Å². The van der Waals surface area contributed by atoms with E-state index in [1.807, 2.05) is 24.3 Å². The molecule has 0 unspecified atom stereocenters. The van der Waals surface area contributed by atoms with Gasteiger partial charge < -0.3 is 4.74 Å². The Morgan fingerprint density at radius 3 is 2.54 bits per heavy atom. The van der Waals surface area contributed by atoms with Gasteiger partial charge in [0, 0.05) is 16.1 Å². The van der Waals surface area contributed by atoms with Crippen LogP contribution in [0.5, 0.6) is 5.75 Å². The van der Waals surface area contributed by atoms with Crippen LogP contribution < -0.4 is 4.74 Å². The summed E-state index contributed by atoms with van der Waals surface area (Å²) in [5.74, 6) is 0.884. The number of aromatic nitrogens is 1. The summed E-state index contributed by atoms with van der Waals surface area (Å²) in [6.07, 6.45) is 2.22. The smallest absolute Gasteiger partial charge is 0.150 e. The quantitative estimate of drug-likeness (QED) is 0.430. The SMILES string of the molecule is CCCc1ccc(OCc2c(Cl)nsc2-c2ccccc2Cl)c(C)c1C. The second-order valence-corrected chi connectivity index (χ2v) is 7.81. The summed E-state index contributed by atoms with van der Waals surface area (Å²) in [5.41, 5.74) is 5.66. The van der Waals surface area contributed by atoms with Crippen molar-refractivity contribution >= 4 is 34.7 Å². The number of nitrogens with zero attached hydrogens (tertiary/aromatic N) is 1. The molecule has 0 fully saturated rings. The minimum Gasteiger partial charge on any atom is -0.488 e. The number of benzene rings is 2. The Balaban J connectivity index is 1.87. The second-order valence-electron chi connectivity index (χ2n) is 6.27. The van der Waals surface area contributed by atoms with E-state index in [0.717, 1.165) is 34.6 Å². The molecule has 0 aliphatic heterocycles. The molecule has 136 valence electrons. The largest absolute Gasteiger partial charge is 0.488 e. The molecule has 0 atom stereocenters. The molecule has 0 aliphatic carbocycles. The molecule has 1 heterocycles. The summed E-state index contributed by atoms with van der Waals surface area (Å²) >= 11 is 14.0. The molecule has 0 spiro atoms. The van der Waals surface area contributed by atoms with Crippen LogP contribution in [0.25, 0.3) is 10.4 Å². The first kappa shape index (κ1) is 19.2. The predicted molar refractivity (Wildman–Crippen MR) is 112 cm³/mol. The zero-order valence-corrected chi connectivity index (χ0v) is 17.4. The average Bonchev–Trinajstić information content (AvgIpc) is 2.99. The van der Waals surface area contributed by atoms with Crippen molar-refractivity contribution in [2.45, 2.75) is 40.2 Å². The van der Waals surface area contributed by atoms with E-state index < -0.39 is 0 Å². The van der Waals surface area contributed by atoms with Gasteiger partial charge in [-0.05, 0) is 60.6 Å². The molecule has 3 aromatic rings. The Morgan fingerprint density at radius 1 is 1.04 bits per heavy atom. The Kier molecular flexibility index (Phi) is 6.23. The zero-order chi connectivity index (χ0) is 18.7. The number of hydrogen-bond donors (Lipinski definition) is 0. The molecule has 0 bridgehead atoms. The first-order valence-electron chi connectivity index (χ1n) is 8.63. The van der Waals surface area contributed by atoms with Crippen LogP contribution in [-0.2, 0) is 13.0 Å². The van der Waals surface area contributed by atoms with Crippen LogP contribution in [-0.4, -0.2) is 4.37 Å². The molecule has 0 N–H and O–H groups in total. The lowest BCUT2D eigenvalue weighted by Crippen LogP contribution is -2.01. The maximum absolute atomic E-state index is 6.35. The van der Waals surface area contributed by atoms with Crippen LogP contribution in [0, 0.1) is 13.8 Å². The van der Waals surface area contributed by atoms with Gasteiger partial charge in [0.2, 0.25) is 0 Å². The molecule has 0 saturated heterocycles. The van der Waals surface area contributed by atoms with Gasteiger partial charge in [0.25, 0.3) is 0 Å². The maximum atomic E-state index is 6.35. The fourth-order valence-electron chi connectivity index (χ4n) is 2.97. The van der Waals surface area contributed by atoms with Gasteiger partial charge in [-0.1, -0.05) is 60.8 Å². The molecule has 0 radical (unpaired) electrons. The van der Waals surface area contributed by atoms with Gasteiger partial charge in [0.05, 0.1) is 4.88 Å². The topological polar surface area (TPSA) is 22.1 Å². The third-order valence-electron chi connectivity index (χ3n) is 4.60. The van der Waals surface area contributed by atoms with Crippen molar-refractivity contribution in [3.05, 3.63) is 68.8 Å². The molecular weight excluding hydrogens is 385 g/mol. The lowest BCUT2D eigenvalue weighted by atomic mass is 9.99. The Hall–Kier alpha value is -1.55. The van der Waals surface area contributed by atoms with E-state index in [2.05, 4.69) is 37.3 Å². The van der Waals surface area contributed by atoms with Crippen LogP contribution in [0.3, 0.4) is 0 Å².